The topological polar surface area (TPSA) is 42.0 Å². The van der Waals surface area contributed by atoms with Gasteiger partial charge in [-0.2, -0.15) is 0 Å². The molecule has 2 unspecified atom stereocenters. The van der Waals surface area contributed by atoms with Gasteiger partial charge in [-0.25, -0.2) is 0 Å². The molecule has 2 heterocycles. The SMILES string of the molecule is COCCN1C(=O)C2CC(CN2Cc2ccccc2Cl)Oc2ccccc21. The van der Waals surface area contributed by atoms with E-state index in [-0.39, 0.29) is 18.1 Å². The molecule has 0 aromatic heterocycles. The fourth-order valence-corrected chi connectivity index (χ4v) is 4.09. The van der Waals surface area contributed by atoms with E-state index < -0.39 is 0 Å². The zero-order chi connectivity index (χ0) is 18.8. The Morgan fingerprint density at radius 1 is 1.19 bits per heavy atom. The van der Waals surface area contributed by atoms with Gasteiger partial charge in [0.05, 0.1) is 18.3 Å². The number of likely N-dealkylation sites (tertiary alicyclic amines) is 1. The second-order valence-electron chi connectivity index (χ2n) is 6.96. The quantitative estimate of drug-likeness (QED) is 0.790. The predicted octanol–water partition coefficient (Wildman–Crippen LogP) is 3.35. The summed E-state index contributed by atoms with van der Waals surface area (Å²) in [6.45, 7) is 2.30. The summed E-state index contributed by atoms with van der Waals surface area (Å²) in [5, 5.41) is 0.725. The molecule has 2 aliphatic heterocycles. The fraction of sp³-hybridized carbons (Fsp3) is 0.381. The van der Waals surface area contributed by atoms with E-state index in [1.807, 2.05) is 48.5 Å². The van der Waals surface area contributed by atoms with Gasteiger partial charge in [0.15, 0.2) is 0 Å². The largest absolute Gasteiger partial charge is 0.487 e. The lowest BCUT2D eigenvalue weighted by atomic mass is 10.1. The Morgan fingerprint density at radius 3 is 2.78 bits per heavy atom. The van der Waals surface area contributed by atoms with Crippen molar-refractivity contribution in [1.82, 2.24) is 4.90 Å². The van der Waals surface area contributed by atoms with Crippen LogP contribution in [0.4, 0.5) is 5.69 Å². The number of fused-ring (bicyclic) bond motifs is 3. The van der Waals surface area contributed by atoms with Crippen molar-refractivity contribution in [2.45, 2.75) is 25.1 Å². The zero-order valence-corrected chi connectivity index (χ0v) is 16.1. The average molecular weight is 387 g/mol. The molecule has 1 saturated heterocycles. The molecular weight excluding hydrogens is 364 g/mol. The fourth-order valence-electron chi connectivity index (χ4n) is 3.90. The van der Waals surface area contributed by atoms with Crippen molar-refractivity contribution in [2.75, 3.05) is 31.7 Å². The van der Waals surface area contributed by atoms with Gasteiger partial charge >= 0.3 is 0 Å². The molecule has 1 fully saturated rings. The van der Waals surface area contributed by atoms with E-state index in [2.05, 4.69) is 4.90 Å². The molecule has 27 heavy (non-hydrogen) atoms. The molecule has 5 nitrogen and oxygen atoms in total. The molecule has 2 aromatic rings. The number of anilines is 1. The lowest BCUT2D eigenvalue weighted by molar-refractivity contribution is -0.123. The monoisotopic (exact) mass is 386 g/mol. The number of ether oxygens (including phenoxy) is 2. The molecule has 0 saturated carbocycles. The molecule has 2 aromatic carbocycles. The molecule has 0 aliphatic carbocycles. The molecule has 142 valence electrons. The van der Waals surface area contributed by atoms with Crippen LogP contribution in [-0.4, -0.2) is 49.8 Å². The summed E-state index contributed by atoms with van der Waals surface area (Å²) in [6, 6.07) is 15.3. The summed E-state index contributed by atoms with van der Waals surface area (Å²) >= 11 is 6.35. The van der Waals surface area contributed by atoms with Gasteiger partial charge < -0.3 is 14.4 Å². The standard InChI is InChI=1S/C21H23ClN2O3/c1-26-11-10-24-18-8-4-5-9-20(18)27-16-12-19(21(24)25)23(14-16)13-15-6-2-3-7-17(15)22/h2-9,16,19H,10-14H2,1H3. The minimum Gasteiger partial charge on any atom is -0.487 e. The van der Waals surface area contributed by atoms with E-state index >= 15 is 0 Å². The van der Waals surface area contributed by atoms with E-state index in [0.29, 0.717) is 32.7 Å². The van der Waals surface area contributed by atoms with Gasteiger partial charge in [-0.3, -0.25) is 9.69 Å². The van der Waals surface area contributed by atoms with Crippen molar-refractivity contribution in [1.29, 1.82) is 0 Å². The lowest BCUT2D eigenvalue weighted by Gasteiger charge is -2.31. The van der Waals surface area contributed by atoms with Crippen molar-refractivity contribution in [3.8, 4) is 5.75 Å². The maximum Gasteiger partial charge on any atom is 0.244 e. The Balaban J connectivity index is 1.65. The first-order chi connectivity index (χ1) is 13.2. The minimum absolute atomic E-state index is 0.00726. The number of para-hydroxylation sites is 2. The maximum atomic E-state index is 13.5. The van der Waals surface area contributed by atoms with Crippen LogP contribution in [0.2, 0.25) is 5.02 Å². The number of carbonyl (C=O) groups is 1. The first-order valence-corrected chi connectivity index (χ1v) is 9.58. The van der Waals surface area contributed by atoms with Crippen LogP contribution < -0.4 is 9.64 Å². The maximum absolute atomic E-state index is 13.5. The van der Waals surface area contributed by atoms with Crippen LogP contribution in [-0.2, 0) is 16.1 Å². The highest BCUT2D eigenvalue weighted by Crippen LogP contribution is 2.36. The van der Waals surface area contributed by atoms with Crippen molar-refractivity contribution in [2.24, 2.45) is 0 Å². The summed E-state index contributed by atoms with van der Waals surface area (Å²) in [7, 11) is 1.65. The molecule has 4 rings (SSSR count). The highest BCUT2D eigenvalue weighted by molar-refractivity contribution is 6.31. The number of methoxy groups -OCH3 is 1. The molecule has 6 heteroatoms. The lowest BCUT2D eigenvalue weighted by Crippen LogP contribution is -2.47. The first kappa shape index (κ1) is 18.3. The predicted molar refractivity (Wildman–Crippen MR) is 105 cm³/mol. The normalized spacial score (nSPS) is 22.1. The van der Waals surface area contributed by atoms with Gasteiger partial charge in [-0.15, -0.1) is 0 Å². The van der Waals surface area contributed by atoms with Gasteiger partial charge in [-0.05, 0) is 23.8 Å². The van der Waals surface area contributed by atoms with Crippen LogP contribution in [0.25, 0.3) is 0 Å². The van der Waals surface area contributed by atoms with Gasteiger partial charge in [0.2, 0.25) is 5.91 Å². The van der Waals surface area contributed by atoms with Gasteiger partial charge in [0, 0.05) is 38.2 Å². The summed E-state index contributed by atoms with van der Waals surface area (Å²) in [5.41, 5.74) is 1.84. The Kier molecular flexibility index (Phi) is 5.34. The third-order valence-corrected chi connectivity index (χ3v) is 5.58. The summed E-state index contributed by atoms with van der Waals surface area (Å²) in [4.78, 5) is 17.4. The first-order valence-electron chi connectivity index (χ1n) is 9.21. The summed E-state index contributed by atoms with van der Waals surface area (Å²) < 4.78 is 11.5. The summed E-state index contributed by atoms with van der Waals surface area (Å²) in [6.07, 6.45) is 0.674. The van der Waals surface area contributed by atoms with E-state index in [9.17, 15) is 4.79 Å². The van der Waals surface area contributed by atoms with Crippen molar-refractivity contribution in [3.63, 3.8) is 0 Å². The van der Waals surface area contributed by atoms with Gasteiger partial charge in [0.1, 0.15) is 11.9 Å². The number of halogens is 1. The number of hydrogen-bond donors (Lipinski definition) is 0. The molecule has 0 spiro atoms. The Hall–Kier alpha value is -2.08. The number of hydrogen-bond acceptors (Lipinski definition) is 4. The number of carbonyl (C=O) groups excluding carboxylic acids is 1. The van der Waals surface area contributed by atoms with E-state index in [1.54, 1.807) is 12.0 Å². The van der Waals surface area contributed by atoms with Gasteiger partial charge in [-0.1, -0.05) is 41.9 Å². The molecule has 2 bridgehead atoms. The highest BCUT2D eigenvalue weighted by atomic mass is 35.5. The van der Waals surface area contributed by atoms with Crippen LogP contribution in [0, 0.1) is 0 Å². The number of benzene rings is 2. The van der Waals surface area contributed by atoms with Crippen molar-refractivity contribution < 1.29 is 14.3 Å². The van der Waals surface area contributed by atoms with Crippen LogP contribution in [0.5, 0.6) is 5.75 Å². The van der Waals surface area contributed by atoms with Crippen molar-refractivity contribution >= 4 is 23.2 Å². The Morgan fingerprint density at radius 2 is 1.96 bits per heavy atom. The second-order valence-corrected chi connectivity index (χ2v) is 7.37. The summed E-state index contributed by atoms with van der Waals surface area (Å²) in [5.74, 6) is 0.849. The number of amides is 1. The Bertz CT molecular complexity index is 829. The smallest absolute Gasteiger partial charge is 0.244 e. The zero-order valence-electron chi connectivity index (χ0n) is 15.3. The average Bonchev–Trinajstić information content (AvgIpc) is 3.07. The van der Waals surface area contributed by atoms with Crippen LogP contribution >= 0.6 is 11.6 Å². The van der Waals surface area contributed by atoms with E-state index in [4.69, 9.17) is 21.1 Å². The molecular formula is C21H23ClN2O3. The minimum atomic E-state index is -0.225. The number of rotatable bonds is 5. The van der Waals surface area contributed by atoms with Crippen molar-refractivity contribution in [3.05, 3.63) is 59.1 Å². The third kappa shape index (κ3) is 3.68. The van der Waals surface area contributed by atoms with E-state index in [1.165, 1.54) is 0 Å². The van der Waals surface area contributed by atoms with Crippen LogP contribution in [0.15, 0.2) is 48.5 Å². The molecule has 0 N–H and O–H groups in total. The molecule has 0 radical (unpaired) electrons. The number of nitrogens with zero attached hydrogens (tertiary/aromatic N) is 2. The van der Waals surface area contributed by atoms with E-state index in [0.717, 1.165) is 22.0 Å². The highest BCUT2D eigenvalue weighted by Gasteiger charge is 2.42. The molecule has 2 atom stereocenters. The van der Waals surface area contributed by atoms with Crippen LogP contribution in [0.3, 0.4) is 0 Å². The van der Waals surface area contributed by atoms with Gasteiger partial charge in [0.25, 0.3) is 0 Å². The third-order valence-electron chi connectivity index (χ3n) is 5.22. The molecule has 2 aliphatic rings. The molecule has 1 amide bonds. The second kappa shape index (κ2) is 7.89. The Labute approximate surface area is 164 Å². The van der Waals surface area contributed by atoms with Crippen LogP contribution in [0.1, 0.15) is 12.0 Å².